The average Bonchev–Trinajstić information content (AvgIpc) is 3.42. The summed E-state index contributed by atoms with van der Waals surface area (Å²) >= 11 is 5.99. The van der Waals surface area contributed by atoms with Gasteiger partial charge in [-0.2, -0.15) is 4.98 Å². The molecular formula is C28H23ClF2N4O5. The second kappa shape index (κ2) is 10.9. The summed E-state index contributed by atoms with van der Waals surface area (Å²) < 4.78 is 40.9. The standard InChI is InChI=1S/C28H23ClF2N4O5/c1-39-20-7-4-8-21(40-2)24(20)35-25(19-10-9-16(29)13-32-19)33-26(36)23(28(35)38)27(37)34-12-11-15(14-34)22-17(30)5-3-6-18(22)31/h3-10,13,15,36H,11-12,14H2,1-2H3. The van der Waals surface area contributed by atoms with E-state index in [0.29, 0.717) is 5.02 Å². The zero-order chi connectivity index (χ0) is 28.6. The van der Waals surface area contributed by atoms with Gasteiger partial charge in [0.05, 0.1) is 19.2 Å². The normalized spacial score (nSPS) is 14.8. The van der Waals surface area contributed by atoms with E-state index >= 15 is 0 Å². The number of halogens is 3. The first-order valence-corrected chi connectivity index (χ1v) is 12.5. The fourth-order valence-electron chi connectivity index (χ4n) is 4.88. The fraction of sp³-hybridized carbons (Fsp3) is 0.214. The van der Waals surface area contributed by atoms with E-state index in [9.17, 15) is 23.5 Å². The number of nitrogens with zero attached hydrogens (tertiary/aromatic N) is 4. The van der Waals surface area contributed by atoms with Gasteiger partial charge in [0.2, 0.25) is 5.88 Å². The Kier molecular flexibility index (Phi) is 7.40. The van der Waals surface area contributed by atoms with E-state index in [-0.39, 0.29) is 53.8 Å². The minimum absolute atomic E-state index is 0.0615. The van der Waals surface area contributed by atoms with Crippen molar-refractivity contribution in [3.8, 4) is 34.6 Å². The molecule has 5 rings (SSSR count). The van der Waals surface area contributed by atoms with Gasteiger partial charge in [-0.3, -0.25) is 19.1 Å². The number of methoxy groups -OCH3 is 2. The molecule has 1 aliphatic rings. The molecule has 4 aromatic rings. The number of likely N-dealkylation sites (tertiary alicyclic amines) is 1. The summed E-state index contributed by atoms with van der Waals surface area (Å²) in [6.07, 6.45) is 1.61. The lowest BCUT2D eigenvalue weighted by atomic mass is 9.97. The van der Waals surface area contributed by atoms with E-state index in [2.05, 4.69) is 9.97 Å². The first-order chi connectivity index (χ1) is 19.2. The van der Waals surface area contributed by atoms with Crippen LogP contribution in [0.25, 0.3) is 17.2 Å². The summed E-state index contributed by atoms with van der Waals surface area (Å²) in [5.74, 6) is -3.39. The SMILES string of the molecule is COc1cccc(OC)c1-n1c(-c2ccc(Cl)cn2)nc(O)c(C(=O)N2CCC(c3c(F)cccc3F)C2)c1=O. The Labute approximate surface area is 232 Å². The predicted octanol–water partition coefficient (Wildman–Crippen LogP) is 4.58. The van der Waals surface area contributed by atoms with Crippen molar-refractivity contribution in [2.24, 2.45) is 0 Å². The van der Waals surface area contributed by atoms with Crippen molar-refractivity contribution in [3.05, 3.63) is 92.9 Å². The maximum atomic E-state index is 14.4. The predicted molar refractivity (Wildman–Crippen MR) is 142 cm³/mol. The molecule has 1 fully saturated rings. The summed E-state index contributed by atoms with van der Waals surface area (Å²) in [5.41, 5.74) is -1.38. The number of ether oxygens (including phenoxy) is 2. The van der Waals surface area contributed by atoms with E-state index in [0.717, 1.165) is 16.7 Å². The van der Waals surface area contributed by atoms with E-state index in [1.165, 1.54) is 43.5 Å². The molecule has 0 saturated carbocycles. The quantitative estimate of drug-likeness (QED) is 0.363. The zero-order valence-electron chi connectivity index (χ0n) is 21.4. The molecule has 1 N–H and O–H groups in total. The van der Waals surface area contributed by atoms with Crippen molar-refractivity contribution in [3.63, 3.8) is 0 Å². The topological polar surface area (TPSA) is 107 Å². The molecule has 0 aliphatic carbocycles. The molecule has 1 unspecified atom stereocenters. The van der Waals surface area contributed by atoms with Crippen LogP contribution in [0.2, 0.25) is 5.02 Å². The van der Waals surface area contributed by atoms with Crippen molar-refractivity contribution in [1.29, 1.82) is 0 Å². The number of benzene rings is 2. The van der Waals surface area contributed by atoms with Gasteiger partial charge in [0, 0.05) is 30.8 Å². The number of pyridine rings is 1. The molecule has 1 aliphatic heterocycles. The van der Waals surface area contributed by atoms with Crippen molar-refractivity contribution in [1.82, 2.24) is 19.4 Å². The lowest BCUT2D eigenvalue weighted by Gasteiger charge is -2.21. The van der Waals surface area contributed by atoms with Gasteiger partial charge in [0.25, 0.3) is 11.5 Å². The number of carbonyl (C=O) groups is 1. The highest BCUT2D eigenvalue weighted by Crippen LogP contribution is 2.36. The number of hydrogen-bond acceptors (Lipinski definition) is 7. The fourth-order valence-corrected chi connectivity index (χ4v) is 4.99. The Morgan fingerprint density at radius 3 is 2.30 bits per heavy atom. The number of hydrogen-bond donors (Lipinski definition) is 1. The van der Waals surface area contributed by atoms with Crippen LogP contribution in [0.3, 0.4) is 0 Å². The molecule has 40 heavy (non-hydrogen) atoms. The first kappa shape index (κ1) is 27.1. The van der Waals surface area contributed by atoms with E-state index in [1.54, 1.807) is 18.2 Å². The van der Waals surface area contributed by atoms with Gasteiger partial charge in [-0.25, -0.2) is 8.78 Å². The molecule has 1 amide bonds. The smallest absolute Gasteiger partial charge is 0.275 e. The van der Waals surface area contributed by atoms with Gasteiger partial charge in [-0.15, -0.1) is 0 Å². The van der Waals surface area contributed by atoms with Crippen LogP contribution < -0.4 is 15.0 Å². The number of aromatic nitrogens is 3. The summed E-state index contributed by atoms with van der Waals surface area (Å²) in [6.45, 7) is 0.0443. The van der Waals surface area contributed by atoms with Crippen LogP contribution in [0.5, 0.6) is 17.4 Å². The van der Waals surface area contributed by atoms with Gasteiger partial charge in [-0.1, -0.05) is 23.7 Å². The van der Waals surface area contributed by atoms with Gasteiger partial charge in [0.15, 0.2) is 11.4 Å². The highest BCUT2D eigenvalue weighted by molar-refractivity contribution is 6.30. The third kappa shape index (κ3) is 4.73. The zero-order valence-corrected chi connectivity index (χ0v) is 22.2. The summed E-state index contributed by atoms with van der Waals surface area (Å²) in [6, 6.07) is 11.4. The van der Waals surface area contributed by atoms with Crippen molar-refractivity contribution in [2.75, 3.05) is 27.3 Å². The molecule has 0 radical (unpaired) electrons. The molecular weight excluding hydrogens is 546 g/mol. The first-order valence-electron chi connectivity index (χ1n) is 12.2. The molecule has 1 saturated heterocycles. The molecule has 9 nitrogen and oxygen atoms in total. The Hall–Kier alpha value is -4.51. The van der Waals surface area contributed by atoms with Crippen molar-refractivity contribution in [2.45, 2.75) is 12.3 Å². The van der Waals surface area contributed by atoms with Crippen LogP contribution >= 0.6 is 11.6 Å². The Morgan fingerprint density at radius 1 is 1.05 bits per heavy atom. The largest absolute Gasteiger partial charge is 0.494 e. The number of para-hydroxylation sites is 1. The molecule has 0 spiro atoms. The van der Waals surface area contributed by atoms with Crippen LogP contribution in [-0.2, 0) is 0 Å². The third-order valence-electron chi connectivity index (χ3n) is 6.74. The Balaban J connectivity index is 1.66. The van der Waals surface area contributed by atoms with E-state index in [4.69, 9.17) is 21.1 Å². The van der Waals surface area contributed by atoms with Gasteiger partial charge in [-0.05, 0) is 42.8 Å². The molecule has 206 valence electrons. The van der Waals surface area contributed by atoms with Crippen LogP contribution in [0, 0.1) is 11.6 Å². The third-order valence-corrected chi connectivity index (χ3v) is 6.97. The Morgan fingerprint density at radius 2 is 1.70 bits per heavy atom. The monoisotopic (exact) mass is 568 g/mol. The van der Waals surface area contributed by atoms with Crippen molar-refractivity contribution >= 4 is 17.5 Å². The molecule has 0 bridgehead atoms. The number of rotatable bonds is 6. The second-order valence-corrected chi connectivity index (χ2v) is 9.46. The molecule has 1 atom stereocenters. The lowest BCUT2D eigenvalue weighted by molar-refractivity contribution is 0.0784. The second-order valence-electron chi connectivity index (χ2n) is 9.02. The molecule has 12 heteroatoms. The maximum Gasteiger partial charge on any atom is 0.275 e. The Bertz CT molecular complexity index is 1620. The number of amides is 1. The average molecular weight is 569 g/mol. The summed E-state index contributed by atoms with van der Waals surface area (Å²) in [7, 11) is 2.80. The minimum atomic E-state index is -0.924. The number of carbonyl (C=O) groups excluding carboxylic acids is 1. The minimum Gasteiger partial charge on any atom is -0.494 e. The molecule has 2 aromatic heterocycles. The van der Waals surface area contributed by atoms with E-state index < -0.39 is 40.5 Å². The highest BCUT2D eigenvalue weighted by atomic mass is 35.5. The van der Waals surface area contributed by atoms with Crippen LogP contribution in [-0.4, -0.2) is 57.8 Å². The maximum absolute atomic E-state index is 14.4. The van der Waals surface area contributed by atoms with Crippen LogP contribution in [0.1, 0.15) is 28.3 Å². The van der Waals surface area contributed by atoms with Crippen LogP contribution in [0.15, 0.2) is 59.5 Å². The van der Waals surface area contributed by atoms with Crippen LogP contribution in [0.4, 0.5) is 8.78 Å². The van der Waals surface area contributed by atoms with Crippen molar-refractivity contribution < 1.29 is 28.2 Å². The lowest BCUT2D eigenvalue weighted by Crippen LogP contribution is -2.36. The van der Waals surface area contributed by atoms with Gasteiger partial charge in [0.1, 0.15) is 34.5 Å². The van der Waals surface area contributed by atoms with Gasteiger partial charge >= 0.3 is 0 Å². The summed E-state index contributed by atoms with van der Waals surface area (Å²) in [5, 5.41) is 11.2. The van der Waals surface area contributed by atoms with Gasteiger partial charge < -0.3 is 19.5 Å². The molecule has 3 heterocycles. The summed E-state index contributed by atoms with van der Waals surface area (Å²) in [4.78, 5) is 37.4. The highest BCUT2D eigenvalue weighted by Gasteiger charge is 2.35. The van der Waals surface area contributed by atoms with E-state index in [1.807, 2.05) is 0 Å². The molecule has 2 aromatic carbocycles. The number of aromatic hydroxyl groups is 1.